The smallest absolute Gasteiger partial charge is 0.164 e. The van der Waals surface area contributed by atoms with Gasteiger partial charge in [0.15, 0.2) is 5.79 Å². The van der Waals surface area contributed by atoms with Crippen LogP contribution in [0.15, 0.2) is 29.4 Å². The fourth-order valence-electron chi connectivity index (χ4n) is 2.08. The van der Waals surface area contributed by atoms with Gasteiger partial charge in [0, 0.05) is 11.3 Å². The van der Waals surface area contributed by atoms with Gasteiger partial charge in [0.2, 0.25) is 0 Å². The zero-order chi connectivity index (χ0) is 12.5. The Kier molecular flexibility index (Phi) is 3.13. The minimum Gasteiger partial charge on any atom is -0.398 e. The Bertz CT molecular complexity index is 420. The first-order valence-electron chi connectivity index (χ1n) is 5.52. The third-order valence-corrected chi connectivity index (χ3v) is 2.74. The molecule has 0 spiro atoms. The van der Waals surface area contributed by atoms with Crippen LogP contribution in [0.5, 0.6) is 0 Å². The first kappa shape index (κ1) is 12.0. The molecule has 0 radical (unpaired) electrons. The van der Waals surface area contributed by atoms with Gasteiger partial charge in [-0.05, 0) is 19.9 Å². The number of hydrogen-bond acceptors (Lipinski definition) is 5. The van der Waals surface area contributed by atoms with Crippen molar-refractivity contribution in [2.45, 2.75) is 31.8 Å². The maximum Gasteiger partial charge on any atom is 0.164 e. The van der Waals surface area contributed by atoms with E-state index < -0.39 is 5.79 Å². The van der Waals surface area contributed by atoms with Crippen molar-refractivity contribution in [2.24, 2.45) is 5.18 Å². The van der Waals surface area contributed by atoms with E-state index in [0.717, 1.165) is 5.56 Å². The van der Waals surface area contributed by atoms with E-state index in [1.807, 2.05) is 32.0 Å². The van der Waals surface area contributed by atoms with Crippen molar-refractivity contribution in [1.29, 1.82) is 0 Å². The number of anilines is 1. The highest BCUT2D eigenvalue weighted by Crippen LogP contribution is 2.40. The highest BCUT2D eigenvalue weighted by atomic mass is 16.8. The van der Waals surface area contributed by atoms with Crippen LogP contribution in [0.4, 0.5) is 5.69 Å². The van der Waals surface area contributed by atoms with E-state index in [1.54, 1.807) is 6.07 Å². The fourth-order valence-corrected chi connectivity index (χ4v) is 2.08. The van der Waals surface area contributed by atoms with Gasteiger partial charge in [-0.3, -0.25) is 0 Å². The molecule has 0 saturated carbocycles. The van der Waals surface area contributed by atoms with Crippen LogP contribution < -0.4 is 5.73 Å². The predicted octanol–water partition coefficient (Wildman–Crippen LogP) is 2.23. The lowest BCUT2D eigenvalue weighted by Gasteiger charge is -2.17. The molecule has 92 valence electrons. The molecule has 1 aliphatic rings. The van der Waals surface area contributed by atoms with E-state index in [9.17, 15) is 4.91 Å². The third kappa shape index (κ3) is 2.45. The number of para-hydroxylation sites is 1. The summed E-state index contributed by atoms with van der Waals surface area (Å²) < 4.78 is 11.4. The monoisotopic (exact) mass is 236 g/mol. The van der Waals surface area contributed by atoms with E-state index in [-0.39, 0.29) is 18.8 Å². The Hall–Kier alpha value is -1.46. The second-order valence-electron chi connectivity index (χ2n) is 4.54. The number of nitrogens with two attached hydrogens (primary N) is 1. The van der Waals surface area contributed by atoms with E-state index in [4.69, 9.17) is 15.2 Å². The van der Waals surface area contributed by atoms with Crippen molar-refractivity contribution >= 4 is 5.69 Å². The zero-order valence-corrected chi connectivity index (χ0v) is 9.92. The Balaban J connectivity index is 2.30. The SMILES string of the molecule is CC1(C)OC(CN=O)C(c2ccccc2N)O1. The summed E-state index contributed by atoms with van der Waals surface area (Å²) in [5, 5.41) is 2.89. The first-order chi connectivity index (χ1) is 8.03. The van der Waals surface area contributed by atoms with Crippen LogP contribution in [0.25, 0.3) is 0 Å². The van der Waals surface area contributed by atoms with Crippen molar-refractivity contribution in [3.05, 3.63) is 34.7 Å². The summed E-state index contributed by atoms with van der Waals surface area (Å²) in [4.78, 5) is 10.4. The van der Waals surface area contributed by atoms with Crippen molar-refractivity contribution in [3.8, 4) is 0 Å². The highest BCUT2D eigenvalue weighted by Gasteiger charge is 2.42. The highest BCUT2D eigenvalue weighted by molar-refractivity contribution is 5.48. The molecule has 2 atom stereocenters. The topological polar surface area (TPSA) is 73.9 Å². The van der Waals surface area contributed by atoms with Crippen LogP contribution >= 0.6 is 0 Å². The molecular weight excluding hydrogens is 220 g/mol. The predicted molar refractivity (Wildman–Crippen MR) is 64.3 cm³/mol. The molecular formula is C12H16N2O3. The molecule has 2 rings (SSSR count). The molecule has 5 nitrogen and oxygen atoms in total. The molecule has 17 heavy (non-hydrogen) atoms. The molecule has 1 aromatic carbocycles. The van der Waals surface area contributed by atoms with Gasteiger partial charge in [-0.2, -0.15) is 4.91 Å². The van der Waals surface area contributed by atoms with Gasteiger partial charge >= 0.3 is 0 Å². The van der Waals surface area contributed by atoms with Gasteiger partial charge in [0.1, 0.15) is 18.8 Å². The fraction of sp³-hybridized carbons (Fsp3) is 0.500. The lowest BCUT2D eigenvalue weighted by molar-refractivity contribution is -0.146. The quantitative estimate of drug-likeness (QED) is 0.645. The van der Waals surface area contributed by atoms with Crippen LogP contribution in [0.1, 0.15) is 25.5 Å². The number of nitrogens with zero attached hydrogens (tertiary/aromatic N) is 1. The van der Waals surface area contributed by atoms with Crippen LogP contribution in [-0.4, -0.2) is 18.4 Å². The number of nitrogen functional groups attached to an aromatic ring is 1. The number of ether oxygens (including phenoxy) is 2. The summed E-state index contributed by atoms with van der Waals surface area (Å²) in [6, 6.07) is 7.41. The van der Waals surface area contributed by atoms with Crippen molar-refractivity contribution in [1.82, 2.24) is 0 Å². The molecule has 1 saturated heterocycles. The Morgan fingerprint density at radius 3 is 2.71 bits per heavy atom. The minimum atomic E-state index is -0.720. The van der Waals surface area contributed by atoms with Gasteiger partial charge in [-0.25, -0.2) is 0 Å². The lowest BCUT2D eigenvalue weighted by atomic mass is 10.0. The molecule has 1 aromatic rings. The van der Waals surface area contributed by atoms with Gasteiger partial charge < -0.3 is 15.2 Å². The molecule has 1 fully saturated rings. The molecule has 5 heteroatoms. The van der Waals surface area contributed by atoms with Crippen molar-refractivity contribution < 1.29 is 9.47 Å². The summed E-state index contributed by atoms with van der Waals surface area (Å²) >= 11 is 0. The summed E-state index contributed by atoms with van der Waals surface area (Å²) in [5.74, 6) is -0.720. The largest absolute Gasteiger partial charge is 0.398 e. The second kappa shape index (κ2) is 4.43. The van der Waals surface area contributed by atoms with E-state index in [1.165, 1.54) is 0 Å². The number of hydrogen-bond donors (Lipinski definition) is 1. The minimum absolute atomic E-state index is 0.0580. The third-order valence-electron chi connectivity index (χ3n) is 2.74. The Morgan fingerprint density at radius 1 is 1.35 bits per heavy atom. The molecule has 0 bridgehead atoms. The van der Waals surface area contributed by atoms with Crippen LogP contribution in [0.3, 0.4) is 0 Å². The average Bonchev–Trinajstić information content (AvgIpc) is 2.55. The first-order valence-corrected chi connectivity index (χ1v) is 5.52. The summed E-state index contributed by atoms with van der Waals surface area (Å²) in [7, 11) is 0. The molecule has 1 aliphatic heterocycles. The van der Waals surface area contributed by atoms with Crippen LogP contribution in [-0.2, 0) is 9.47 Å². The van der Waals surface area contributed by atoms with Crippen molar-refractivity contribution in [3.63, 3.8) is 0 Å². The van der Waals surface area contributed by atoms with Crippen molar-refractivity contribution in [2.75, 3.05) is 12.3 Å². The summed E-state index contributed by atoms with van der Waals surface area (Å²) in [6.07, 6.45) is -0.726. The summed E-state index contributed by atoms with van der Waals surface area (Å²) in [6.45, 7) is 3.68. The Labute approximate surface area is 99.9 Å². The average molecular weight is 236 g/mol. The normalized spacial score (nSPS) is 26.9. The number of benzene rings is 1. The Morgan fingerprint density at radius 2 is 2.06 bits per heavy atom. The zero-order valence-electron chi connectivity index (χ0n) is 9.92. The summed E-state index contributed by atoms with van der Waals surface area (Å²) in [5.41, 5.74) is 7.38. The second-order valence-corrected chi connectivity index (χ2v) is 4.54. The van der Waals surface area contributed by atoms with E-state index >= 15 is 0 Å². The molecule has 0 amide bonds. The standard InChI is InChI=1S/C12H16N2O3/c1-12(2)16-10(7-14-15)11(17-12)8-5-3-4-6-9(8)13/h3-6,10-11H,7,13H2,1-2H3. The van der Waals surface area contributed by atoms with Gasteiger partial charge in [-0.1, -0.05) is 23.4 Å². The van der Waals surface area contributed by atoms with E-state index in [0.29, 0.717) is 5.69 Å². The molecule has 2 unspecified atom stereocenters. The number of nitroso groups, excluding NO2 is 1. The molecule has 0 aliphatic carbocycles. The van der Waals surface area contributed by atoms with Gasteiger partial charge in [0.05, 0.1) is 0 Å². The van der Waals surface area contributed by atoms with E-state index in [2.05, 4.69) is 5.18 Å². The maximum atomic E-state index is 10.4. The van der Waals surface area contributed by atoms with Crippen LogP contribution in [0, 0.1) is 4.91 Å². The van der Waals surface area contributed by atoms with Gasteiger partial charge in [-0.15, -0.1) is 0 Å². The number of rotatable bonds is 3. The molecule has 2 N–H and O–H groups in total. The molecule has 0 aromatic heterocycles. The maximum absolute atomic E-state index is 10.4. The van der Waals surface area contributed by atoms with Crippen LogP contribution in [0.2, 0.25) is 0 Å². The molecule has 1 heterocycles. The lowest BCUT2D eigenvalue weighted by Crippen LogP contribution is -2.22. The van der Waals surface area contributed by atoms with Gasteiger partial charge in [0.25, 0.3) is 0 Å².